The summed E-state index contributed by atoms with van der Waals surface area (Å²) in [7, 11) is -3.57. The number of amides is 1. The molecule has 1 heterocycles. The van der Waals surface area contributed by atoms with E-state index in [1.165, 1.54) is 12.1 Å². The predicted octanol–water partition coefficient (Wildman–Crippen LogP) is 3.96. The minimum atomic E-state index is -3.57. The number of nitrogens with zero attached hydrogens (tertiary/aromatic N) is 1. The second-order valence-corrected chi connectivity index (χ2v) is 10.3. The maximum atomic E-state index is 13.0. The first kappa shape index (κ1) is 23.9. The van der Waals surface area contributed by atoms with Crippen molar-refractivity contribution in [3.63, 3.8) is 0 Å². The zero-order valence-corrected chi connectivity index (χ0v) is 19.5. The zero-order valence-electron chi connectivity index (χ0n) is 18.7. The van der Waals surface area contributed by atoms with E-state index in [-0.39, 0.29) is 17.3 Å². The second kappa shape index (κ2) is 10.3. The van der Waals surface area contributed by atoms with Gasteiger partial charge in [0.05, 0.1) is 10.5 Å². The molecule has 1 saturated heterocycles. The Labute approximate surface area is 189 Å². The normalized spacial score (nSPS) is 19.3. The van der Waals surface area contributed by atoms with Gasteiger partial charge in [-0.25, -0.2) is 8.42 Å². The Morgan fingerprint density at radius 2 is 1.66 bits per heavy atom. The quantitative estimate of drug-likeness (QED) is 0.605. The van der Waals surface area contributed by atoms with E-state index in [1.54, 1.807) is 47.6 Å². The Morgan fingerprint density at radius 1 is 1.03 bits per heavy atom. The van der Waals surface area contributed by atoms with Gasteiger partial charge in [-0.2, -0.15) is 4.31 Å². The summed E-state index contributed by atoms with van der Waals surface area (Å²) in [4.78, 5) is 24.5. The Hall–Kier alpha value is -2.71. The van der Waals surface area contributed by atoms with Crippen LogP contribution in [0.25, 0.3) is 0 Å². The van der Waals surface area contributed by atoms with E-state index < -0.39 is 15.9 Å². The van der Waals surface area contributed by atoms with Crippen molar-refractivity contribution in [2.75, 3.05) is 25.0 Å². The zero-order chi connectivity index (χ0) is 23.3. The Balaban J connectivity index is 1.61. The summed E-state index contributed by atoms with van der Waals surface area (Å²) in [6, 6.07) is 12.9. The Morgan fingerprint density at radius 3 is 2.28 bits per heavy atom. The number of nitrogens with one attached hydrogen (secondary N) is 1. The lowest BCUT2D eigenvalue weighted by atomic mass is 9.94. The van der Waals surface area contributed by atoms with Crippen LogP contribution in [0.1, 0.15) is 44.0 Å². The fourth-order valence-corrected chi connectivity index (χ4v) is 5.69. The largest absolute Gasteiger partial charge is 0.483 e. The van der Waals surface area contributed by atoms with E-state index in [2.05, 4.69) is 19.2 Å². The summed E-state index contributed by atoms with van der Waals surface area (Å²) in [5, 5.41) is 2.69. The molecule has 1 N–H and O–H groups in total. The number of piperidine rings is 1. The molecule has 8 heteroatoms. The first-order valence-electron chi connectivity index (χ1n) is 10.9. The fourth-order valence-electron chi connectivity index (χ4n) is 4.01. The van der Waals surface area contributed by atoms with Crippen molar-refractivity contribution >= 4 is 27.4 Å². The number of rotatable bonds is 8. The molecule has 172 valence electrons. The molecule has 1 amide bonds. The van der Waals surface area contributed by atoms with Crippen LogP contribution in [0.4, 0.5) is 5.69 Å². The first-order valence-corrected chi connectivity index (χ1v) is 12.3. The van der Waals surface area contributed by atoms with Crippen LogP contribution in [0, 0.1) is 11.8 Å². The molecular weight excluding hydrogens is 428 g/mol. The third kappa shape index (κ3) is 5.75. The molecule has 0 aliphatic carbocycles. The van der Waals surface area contributed by atoms with E-state index >= 15 is 0 Å². The molecule has 0 aromatic heterocycles. The second-order valence-electron chi connectivity index (χ2n) is 8.40. The van der Waals surface area contributed by atoms with Crippen molar-refractivity contribution in [2.24, 2.45) is 11.8 Å². The number of hydrogen-bond acceptors (Lipinski definition) is 5. The third-order valence-corrected chi connectivity index (χ3v) is 7.32. The average Bonchev–Trinajstić information content (AvgIpc) is 2.77. The first-order chi connectivity index (χ1) is 15.2. The van der Waals surface area contributed by atoms with Gasteiger partial charge in [0.2, 0.25) is 10.0 Å². The van der Waals surface area contributed by atoms with Crippen LogP contribution in [0.15, 0.2) is 53.4 Å². The number of benzene rings is 2. The van der Waals surface area contributed by atoms with E-state index in [0.29, 0.717) is 48.3 Å². The van der Waals surface area contributed by atoms with Crippen LogP contribution in [-0.4, -0.2) is 44.1 Å². The molecule has 7 nitrogen and oxygen atoms in total. The average molecular weight is 459 g/mol. The Bertz CT molecular complexity index is 1060. The van der Waals surface area contributed by atoms with Crippen molar-refractivity contribution in [1.29, 1.82) is 0 Å². The molecule has 0 unspecified atom stereocenters. The van der Waals surface area contributed by atoms with Crippen LogP contribution in [0.3, 0.4) is 0 Å². The highest BCUT2D eigenvalue weighted by atomic mass is 32.2. The molecule has 1 fully saturated rings. The molecule has 2 aromatic rings. The Kier molecular flexibility index (Phi) is 7.69. The lowest BCUT2D eigenvalue weighted by Gasteiger charge is -2.34. The number of hydrogen-bond donors (Lipinski definition) is 1. The number of ether oxygens (including phenoxy) is 1. The van der Waals surface area contributed by atoms with Gasteiger partial charge in [0.15, 0.2) is 12.4 Å². The lowest BCUT2D eigenvalue weighted by molar-refractivity contribution is -0.118. The van der Waals surface area contributed by atoms with Crippen molar-refractivity contribution < 1.29 is 22.7 Å². The van der Waals surface area contributed by atoms with Crippen molar-refractivity contribution in [3.8, 4) is 5.75 Å². The number of carbonyl (C=O) groups is 2. The van der Waals surface area contributed by atoms with Crippen molar-refractivity contribution in [1.82, 2.24) is 4.31 Å². The molecule has 1 aliphatic heterocycles. The molecule has 0 spiro atoms. The van der Waals surface area contributed by atoms with Crippen LogP contribution in [-0.2, 0) is 14.8 Å². The molecule has 32 heavy (non-hydrogen) atoms. The van der Waals surface area contributed by atoms with E-state index in [9.17, 15) is 18.0 Å². The maximum Gasteiger partial charge on any atom is 0.262 e. The number of carbonyl (C=O) groups excluding carboxylic acids is 2. The highest BCUT2D eigenvalue weighted by Gasteiger charge is 2.31. The van der Waals surface area contributed by atoms with Gasteiger partial charge in [0.1, 0.15) is 5.75 Å². The number of ketones is 1. The van der Waals surface area contributed by atoms with E-state index in [1.807, 2.05) is 0 Å². The standard InChI is InChI=1S/C24H30N2O5S/c1-4-22(27)21-7-5-6-8-23(21)31-16-24(28)25-19-9-11-20(12-10-19)32(29,30)26-14-17(2)13-18(3)15-26/h5-12,17-18H,4,13-16H2,1-3H3,(H,25,28)/t17-,18+. The van der Waals surface area contributed by atoms with Crippen LogP contribution in [0.2, 0.25) is 0 Å². The number of sulfonamides is 1. The molecule has 2 aromatic carbocycles. The van der Waals surface area contributed by atoms with Gasteiger partial charge < -0.3 is 10.1 Å². The van der Waals surface area contributed by atoms with Gasteiger partial charge in [0.25, 0.3) is 5.91 Å². The summed E-state index contributed by atoms with van der Waals surface area (Å²) in [6.07, 6.45) is 1.37. The molecule has 3 rings (SSSR count). The summed E-state index contributed by atoms with van der Waals surface area (Å²) in [5.74, 6) is 0.545. The predicted molar refractivity (Wildman–Crippen MR) is 123 cm³/mol. The molecule has 0 radical (unpaired) electrons. The van der Waals surface area contributed by atoms with Gasteiger partial charge in [-0.1, -0.05) is 32.9 Å². The van der Waals surface area contributed by atoms with Crippen molar-refractivity contribution in [3.05, 3.63) is 54.1 Å². The van der Waals surface area contributed by atoms with Crippen LogP contribution >= 0.6 is 0 Å². The summed E-state index contributed by atoms with van der Waals surface area (Å²) >= 11 is 0. The molecule has 2 atom stereocenters. The van der Waals surface area contributed by atoms with Gasteiger partial charge in [-0.05, 0) is 54.7 Å². The van der Waals surface area contributed by atoms with Gasteiger partial charge in [0, 0.05) is 25.2 Å². The van der Waals surface area contributed by atoms with Gasteiger partial charge >= 0.3 is 0 Å². The van der Waals surface area contributed by atoms with Crippen LogP contribution < -0.4 is 10.1 Å². The molecular formula is C24H30N2O5S. The third-order valence-electron chi connectivity index (χ3n) is 5.48. The topological polar surface area (TPSA) is 92.8 Å². The minimum Gasteiger partial charge on any atom is -0.483 e. The van der Waals surface area contributed by atoms with E-state index in [4.69, 9.17) is 4.74 Å². The van der Waals surface area contributed by atoms with Crippen molar-refractivity contribution in [2.45, 2.75) is 38.5 Å². The summed E-state index contributed by atoms with van der Waals surface area (Å²) in [5.41, 5.74) is 0.912. The van der Waals surface area contributed by atoms with Crippen LogP contribution in [0.5, 0.6) is 5.75 Å². The summed E-state index contributed by atoms with van der Waals surface area (Å²) in [6.45, 7) is 6.67. The SMILES string of the molecule is CCC(=O)c1ccccc1OCC(=O)Nc1ccc(S(=O)(=O)N2C[C@H](C)C[C@H](C)C2)cc1. The highest BCUT2D eigenvalue weighted by molar-refractivity contribution is 7.89. The fraction of sp³-hybridized carbons (Fsp3) is 0.417. The molecule has 1 aliphatic rings. The highest BCUT2D eigenvalue weighted by Crippen LogP contribution is 2.27. The maximum absolute atomic E-state index is 13.0. The van der Waals surface area contributed by atoms with E-state index in [0.717, 1.165) is 6.42 Å². The lowest BCUT2D eigenvalue weighted by Crippen LogP contribution is -2.42. The number of anilines is 1. The smallest absolute Gasteiger partial charge is 0.262 e. The van der Waals surface area contributed by atoms with Gasteiger partial charge in [-0.3, -0.25) is 9.59 Å². The monoisotopic (exact) mass is 458 g/mol. The molecule has 0 saturated carbocycles. The minimum absolute atomic E-state index is 0.0599. The molecule has 0 bridgehead atoms. The number of para-hydroxylation sites is 1. The summed E-state index contributed by atoms with van der Waals surface area (Å²) < 4.78 is 33.0. The number of Topliss-reactive ketones (excluding diaryl/α,β-unsaturated/α-hetero) is 1. The van der Waals surface area contributed by atoms with Gasteiger partial charge in [-0.15, -0.1) is 0 Å².